The zero-order chi connectivity index (χ0) is 20.4. The fourth-order valence-electron chi connectivity index (χ4n) is 3.28. The number of hydrogen-bond donors (Lipinski definition) is 2. The Morgan fingerprint density at radius 3 is 2.62 bits per heavy atom. The lowest BCUT2D eigenvalue weighted by molar-refractivity contribution is 0.475. The van der Waals surface area contributed by atoms with Gasteiger partial charge in [-0.25, -0.2) is 9.97 Å². The number of hydrogen-bond acceptors (Lipinski definition) is 6. The molecule has 0 spiro atoms. The first-order valence-electron chi connectivity index (χ1n) is 9.85. The van der Waals surface area contributed by atoms with Gasteiger partial charge in [0.05, 0.1) is 6.33 Å². The molecule has 150 valence electrons. The predicted octanol–water partition coefficient (Wildman–Crippen LogP) is 3.52. The lowest BCUT2D eigenvalue weighted by Crippen LogP contribution is -2.12. The van der Waals surface area contributed by atoms with Gasteiger partial charge in [0, 0.05) is 31.4 Å². The summed E-state index contributed by atoms with van der Waals surface area (Å²) in [6, 6.07) is 7.48. The van der Waals surface area contributed by atoms with E-state index in [1.807, 2.05) is 33.8 Å². The van der Waals surface area contributed by atoms with Crippen molar-refractivity contribution >= 4 is 17.0 Å². The molecule has 0 saturated heterocycles. The summed E-state index contributed by atoms with van der Waals surface area (Å²) < 4.78 is 3.97. The van der Waals surface area contributed by atoms with E-state index >= 15 is 0 Å². The van der Waals surface area contributed by atoms with Gasteiger partial charge >= 0.3 is 0 Å². The van der Waals surface area contributed by atoms with Crippen LogP contribution in [-0.2, 0) is 12.8 Å². The van der Waals surface area contributed by atoms with Gasteiger partial charge in [0.25, 0.3) is 0 Å². The molecule has 3 heterocycles. The van der Waals surface area contributed by atoms with Crippen LogP contribution in [0.3, 0.4) is 0 Å². The lowest BCUT2D eigenvalue weighted by atomic mass is 10.1. The van der Waals surface area contributed by atoms with E-state index in [1.54, 1.807) is 18.3 Å². The molecule has 3 aromatic heterocycles. The molecule has 0 bridgehead atoms. The summed E-state index contributed by atoms with van der Waals surface area (Å²) in [4.78, 5) is 18.5. The zero-order valence-electron chi connectivity index (χ0n) is 16.9. The van der Waals surface area contributed by atoms with Crippen molar-refractivity contribution in [2.24, 2.45) is 0 Å². The summed E-state index contributed by atoms with van der Waals surface area (Å²) in [6.45, 7) is 6.97. The second-order valence-electron chi connectivity index (χ2n) is 7.20. The third-order valence-corrected chi connectivity index (χ3v) is 4.86. The molecule has 4 aromatic rings. The smallest absolute Gasteiger partial charge is 0.239 e. The highest BCUT2D eigenvalue weighted by molar-refractivity contribution is 5.83. The monoisotopic (exact) mass is 391 g/mol. The number of benzene rings is 1. The van der Waals surface area contributed by atoms with Gasteiger partial charge in [-0.3, -0.25) is 4.57 Å². The Kier molecular flexibility index (Phi) is 5.16. The Morgan fingerprint density at radius 1 is 1.10 bits per heavy atom. The van der Waals surface area contributed by atoms with Crippen molar-refractivity contribution in [2.45, 2.75) is 39.7 Å². The molecule has 8 heteroatoms. The second kappa shape index (κ2) is 7.90. The lowest BCUT2D eigenvalue weighted by Gasteiger charge is -2.12. The highest BCUT2D eigenvalue weighted by Gasteiger charge is 2.16. The molecule has 0 radical (unpaired) electrons. The van der Waals surface area contributed by atoms with Crippen molar-refractivity contribution in [3.05, 3.63) is 54.4 Å². The minimum Gasteiger partial charge on any atom is -0.508 e. The fourth-order valence-corrected chi connectivity index (χ4v) is 3.28. The Morgan fingerprint density at radius 2 is 1.90 bits per heavy atom. The summed E-state index contributed by atoms with van der Waals surface area (Å²) in [5.41, 5.74) is 2.69. The molecule has 0 amide bonds. The molecular formula is C21H25N7O. The molecular weight excluding hydrogens is 366 g/mol. The van der Waals surface area contributed by atoms with Crippen LogP contribution >= 0.6 is 0 Å². The Bertz CT molecular complexity index is 1110. The maximum atomic E-state index is 9.44. The van der Waals surface area contributed by atoms with Crippen molar-refractivity contribution in [2.75, 3.05) is 11.9 Å². The third kappa shape index (κ3) is 3.78. The number of phenols is 1. The van der Waals surface area contributed by atoms with Crippen LogP contribution in [-0.4, -0.2) is 40.7 Å². The molecule has 0 unspecified atom stereocenters. The van der Waals surface area contributed by atoms with E-state index in [1.165, 1.54) is 0 Å². The summed E-state index contributed by atoms with van der Waals surface area (Å²) >= 11 is 0. The SMILES string of the molecule is CCc1nccn1-c1nc(NCCc2ccc(O)cc2)c2ncn(C(C)C)c2n1. The Balaban J connectivity index is 1.68. The van der Waals surface area contributed by atoms with Gasteiger partial charge in [-0.2, -0.15) is 9.97 Å². The first-order chi connectivity index (χ1) is 14.1. The van der Waals surface area contributed by atoms with Crippen LogP contribution in [0.4, 0.5) is 5.82 Å². The molecule has 0 atom stereocenters. The van der Waals surface area contributed by atoms with Crippen LogP contribution in [0, 0.1) is 0 Å². The summed E-state index contributed by atoms with van der Waals surface area (Å²) in [5.74, 6) is 2.48. The van der Waals surface area contributed by atoms with Crippen molar-refractivity contribution in [3.63, 3.8) is 0 Å². The van der Waals surface area contributed by atoms with Crippen molar-refractivity contribution < 1.29 is 5.11 Å². The summed E-state index contributed by atoms with van der Waals surface area (Å²) in [5, 5.41) is 12.9. The van der Waals surface area contributed by atoms with E-state index in [9.17, 15) is 5.11 Å². The van der Waals surface area contributed by atoms with Crippen molar-refractivity contribution in [1.29, 1.82) is 0 Å². The molecule has 8 nitrogen and oxygen atoms in total. The summed E-state index contributed by atoms with van der Waals surface area (Å²) in [6.07, 6.45) is 7.06. The molecule has 0 aliphatic heterocycles. The van der Waals surface area contributed by atoms with Crippen LogP contribution in [0.15, 0.2) is 43.0 Å². The number of rotatable bonds is 7. The van der Waals surface area contributed by atoms with Gasteiger partial charge in [-0.1, -0.05) is 19.1 Å². The number of fused-ring (bicyclic) bond motifs is 1. The molecule has 0 aliphatic carbocycles. The molecule has 29 heavy (non-hydrogen) atoms. The van der Waals surface area contributed by atoms with Gasteiger partial charge in [0.2, 0.25) is 5.95 Å². The number of nitrogens with zero attached hydrogens (tertiary/aromatic N) is 6. The number of aromatic nitrogens is 6. The van der Waals surface area contributed by atoms with Gasteiger partial charge in [0.1, 0.15) is 11.6 Å². The highest BCUT2D eigenvalue weighted by Crippen LogP contribution is 2.23. The molecule has 2 N–H and O–H groups in total. The van der Waals surface area contributed by atoms with E-state index in [4.69, 9.17) is 9.97 Å². The molecule has 0 saturated carbocycles. The number of anilines is 1. The quantitative estimate of drug-likeness (QED) is 0.501. The van der Waals surface area contributed by atoms with E-state index < -0.39 is 0 Å². The minimum atomic E-state index is 0.237. The first-order valence-corrected chi connectivity index (χ1v) is 9.85. The first kappa shape index (κ1) is 18.9. The summed E-state index contributed by atoms with van der Waals surface area (Å²) in [7, 11) is 0. The average molecular weight is 391 g/mol. The average Bonchev–Trinajstić information content (AvgIpc) is 3.36. The number of imidazole rings is 2. The number of nitrogens with one attached hydrogen (secondary N) is 1. The highest BCUT2D eigenvalue weighted by atomic mass is 16.3. The van der Waals surface area contributed by atoms with E-state index in [-0.39, 0.29) is 11.8 Å². The fraction of sp³-hybridized carbons (Fsp3) is 0.333. The van der Waals surface area contributed by atoms with E-state index in [0.29, 0.717) is 18.3 Å². The number of phenolic OH excluding ortho intramolecular Hbond substituents is 1. The molecule has 1 aromatic carbocycles. The van der Waals surface area contributed by atoms with Crippen LogP contribution in [0.5, 0.6) is 5.75 Å². The van der Waals surface area contributed by atoms with Crippen molar-refractivity contribution in [1.82, 2.24) is 29.1 Å². The van der Waals surface area contributed by atoms with Gasteiger partial charge in [-0.05, 0) is 38.0 Å². The minimum absolute atomic E-state index is 0.237. The standard InChI is InChI=1S/C21H25N7O/c1-4-17-22-11-12-27(17)21-25-19(18-20(26-21)28(13-24-18)14(2)3)23-10-9-15-5-7-16(29)8-6-15/h5-8,11-14,29H,4,9-10H2,1-3H3,(H,23,25,26). The molecule has 0 fully saturated rings. The topological polar surface area (TPSA) is 93.7 Å². The molecule has 4 rings (SSSR count). The maximum Gasteiger partial charge on any atom is 0.239 e. The third-order valence-electron chi connectivity index (χ3n) is 4.86. The van der Waals surface area contributed by atoms with E-state index in [0.717, 1.165) is 35.4 Å². The van der Waals surface area contributed by atoms with Crippen LogP contribution in [0.2, 0.25) is 0 Å². The second-order valence-corrected chi connectivity index (χ2v) is 7.20. The van der Waals surface area contributed by atoms with Gasteiger partial charge in [0.15, 0.2) is 17.0 Å². The maximum absolute atomic E-state index is 9.44. The van der Waals surface area contributed by atoms with Crippen LogP contribution < -0.4 is 5.32 Å². The predicted molar refractivity (Wildman–Crippen MR) is 113 cm³/mol. The Hall–Kier alpha value is -3.42. The Labute approximate surface area is 169 Å². The van der Waals surface area contributed by atoms with Crippen molar-refractivity contribution in [3.8, 4) is 11.7 Å². The van der Waals surface area contributed by atoms with Crippen LogP contribution in [0.1, 0.15) is 38.2 Å². The van der Waals surface area contributed by atoms with Gasteiger partial charge < -0.3 is 15.0 Å². The van der Waals surface area contributed by atoms with Gasteiger partial charge in [-0.15, -0.1) is 0 Å². The zero-order valence-corrected chi connectivity index (χ0v) is 16.9. The normalized spacial score (nSPS) is 11.4. The number of aryl methyl sites for hydroxylation is 1. The largest absolute Gasteiger partial charge is 0.508 e. The van der Waals surface area contributed by atoms with E-state index in [2.05, 4.69) is 36.1 Å². The van der Waals surface area contributed by atoms with Crippen LogP contribution in [0.25, 0.3) is 17.1 Å². The molecule has 0 aliphatic rings. The number of aromatic hydroxyl groups is 1.